The number of alkyl halides is 3. The van der Waals surface area contributed by atoms with Crippen molar-refractivity contribution in [3.63, 3.8) is 0 Å². The Labute approximate surface area is 186 Å². The molecule has 2 rings (SSSR count). The van der Waals surface area contributed by atoms with Crippen molar-refractivity contribution in [2.75, 3.05) is 6.61 Å². The molecule has 0 radical (unpaired) electrons. The van der Waals surface area contributed by atoms with Crippen LogP contribution in [0.1, 0.15) is 26.3 Å². The minimum absolute atomic E-state index is 0.0356. The highest BCUT2D eigenvalue weighted by molar-refractivity contribution is 6.00. The van der Waals surface area contributed by atoms with Gasteiger partial charge < -0.3 is 20.6 Å². The number of nitrogens with zero attached hydrogens (tertiary/aromatic N) is 1. The smallest absolute Gasteiger partial charge is 0.400 e. The van der Waals surface area contributed by atoms with Crippen molar-refractivity contribution in [2.45, 2.75) is 33.4 Å². The molecule has 178 valence electrons. The number of nitrogens with two attached hydrogens (primary N) is 1. The van der Waals surface area contributed by atoms with Crippen LogP contribution in [-0.4, -0.2) is 34.6 Å². The van der Waals surface area contributed by atoms with Crippen LogP contribution in [0.15, 0.2) is 52.1 Å². The lowest BCUT2D eigenvalue weighted by molar-refractivity contribution is -0.206. The summed E-state index contributed by atoms with van der Waals surface area (Å²) >= 11 is 0. The molecular formula is C22H23F4N3O4. The van der Waals surface area contributed by atoms with Gasteiger partial charge in [0.1, 0.15) is 28.6 Å². The van der Waals surface area contributed by atoms with Gasteiger partial charge in [-0.15, -0.1) is 0 Å². The Morgan fingerprint density at radius 1 is 1.27 bits per heavy atom. The number of rotatable bonds is 7. The molecule has 0 bridgehead atoms. The van der Waals surface area contributed by atoms with E-state index in [1.165, 1.54) is 24.4 Å². The lowest BCUT2D eigenvalue weighted by atomic mass is 9.89. The molecule has 0 aliphatic carbocycles. The minimum atomic E-state index is -4.75. The minimum Gasteiger partial charge on any atom is -0.511 e. The maximum atomic E-state index is 14.6. The fourth-order valence-corrected chi connectivity index (χ4v) is 2.66. The first-order chi connectivity index (χ1) is 15.3. The largest absolute Gasteiger partial charge is 0.511 e. The van der Waals surface area contributed by atoms with Crippen molar-refractivity contribution < 1.29 is 32.2 Å². The Hall–Kier alpha value is -3.63. The molecule has 1 aromatic carbocycles. The summed E-state index contributed by atoms with van der Waals surface area (Å²) in [7, 11) is 0. The highest BCUT2D eigenvalue weighted by Crippen LogP contribution is 2.42. The predicted molar refractivity (Wildman–Crippen MR) is 115 cm³/mol. The number of ether oxygens (including phenoxy) is 1. The number of hydrogen-bond donors (Lipinski definition) is 3. The van der Waals surface area contributed by atoms with E-state index in [2.05, 4.69) is 9.98 Å². The van der Waals surface area contributed by atoms with Crippen LogP contribution in [-0.2, 0) is 11.2 Å². The van der Waals surface area contributed by atoms with Gasteiger partial charge in [-0.1, -0.05) is 12.1 Å². The second-order valence-electron chi connectivity index (χ2n) is 7.57. The van der Waals surface area contributed by atoms with Crippen molar-refractivity contribution in [3.8, 4) is 16.9 Å². The van der Waals surface area contributed by atoms with E-state index in [1.54, 1.807) is 6.92 Å². The second-order valence-corrected chi connectivity index (χ2v) is 7.57. The van der Waals surface area contributed by atoms with E-state index < -0.39 is 41.3 Å². The van der Waals surface area contributed by atoms with Gasteiger partial charge in [0, 0.05) is 23.9 Å². The van der Waals surface area contributed by atoms with E-state index in [0.29, 0.717) is 17.2 Å². The van der Waals surface area contributed by atoms with Crippen LogP contribution in [0.4, 0.5) is 17.6 Å². The monoisotopic (exact) mass is 469 g/mol. The quantitative estimate of drug-likeness (QED) is 0.245. The molecule has 0 spiro atoms. The van der Waals surface area contributed by atoms with Crippen LogP contribution in [0.2, 0.25) is 0 Å². The number of amidine groups is 1. The Morgan fingerprint density at radius 3 is 2.52 bits per heavy atom. The summed E-state index contributed by atoms with van der Waals surface area (Å²) in [5.74, 6) is -3.19. The molecule has 0 aliphatic heterocycles. The zero-order valence-electron chi connectivity index (χ0n) is 18.1. The molecule has 1 heterocycles. The molecule has 0 fully saturated rings. The number of hydrogen-bond acceptors (Lipinski definition) is 4. The predicted octanol–water partition coefficient (Wildman–Crippen LogP) is 4.04. The third-order valence-electron chi connectivity index (χ3n) is 4.78. The summed E-state index contributed by atoms with van der Waals surface area (Å²) in [5, 5.41) is 9.72. The van der Waals surface area contributed by atoms with E-state index in [4.69, 9.17) is 10.5 Å². The topological polar surface area (TPSA) is 118 Å². The summed E-state index contributed by atoms with van der Waals surface area (Å²) < 4.78 is 58.9. The number of amides is 1. The van der Waals surface area contributed by atoms with Gasteiger partial charge in [0.15, 0.2) is 0 Å². The molecule has 7 nitrogen and oxygen atoms in total. The number of aromatic nitrogens is 1. The van der Waals surface area contributed by atoms with Gasteiger partial charge in [0.05, 0.1) is 13.0 Å². The Bertz CT molecular complexity index is 1150. The summed E-state index contributed by atoms with van der Waals surface area (Å²) in [6, 6.07) is 5.21. The lowest BCUT2D eigenvalue weighted by Crippen LogP contribution is -2.34. The maximum Gasteiger partial charge on any atom is 0.400 e. The molecule has 0 aliphatic rings. The number of carbonyl (C=O) groups is 1. The van der Waals surface area contributed by atoms with Crippen LogP contribution < -0.4 is 16.0 Å². The van der Waals surface area contributed by atoms with Crippen molar-refractivity contribution in [3.05, 3.63) is 64.0 Å². The Kier molecular flexibility index (Phi) is 7.68. The van der Waals surface area contributed by atoms with Crippen molar-refractivity contribution in [1.29, 1.82) is 0 Å². The number of aliphatic imine (C=N–C) groups is 1. The van der Waals surface area contributed by atoms with Gasteiger partial charge in [-0.2, -0.15) is 18.2 Å². The number of carbonyl (C=O) groups excluding carboxylic acids is 1. The van der Waals surface area contributed by atoms with Crippen LogP contribution in [0.5, 0.6) is 5.75 Å². The fourth-order valence-electron chi connectivity index (χ4n) is 2.66. The third-order valence-corrected chi connectivity index (χ3v) is 4.78. The standard InChI is InChI=1S/C22H23F4N3O4/c1-4-33-16-9-19(31)28-11-14(16)12-5-6-13(15(23)7-12)8-20(32)29-18(27)10-17(30)21(2,3)22(24,25)26/h5-7,9-11,30H,4,8H2,1-3H3,(H,28,31)(H2,27,29,32)/b17-10-. The summed E-state index contributed by atoms with van der Waals surface area (Å²) in [6.07, 6.45) is -3.36. The normalized spacial score (nSPS) is 13.2. The number of benzene rings is 1. The number of nitrogens with one attached hydrogen (secondary N) is 1. The van der Waals surface area contributed by atoms with E-state index in [9.17, 15) is 32.3 Å². The molecule has 4 N–H and O–H groups in total. The van der Waals surface area contributed by atoms with Crippen molar-refractivity contribution in [1.82, 2.24) is 4.98 Å². The average Bonchev–Trinajstić information content (AvgIpc) is 2.69. The van der Waals surface area contributed by atoms with E-state index in [-0.39, 0.29) is 23.5 Å². The number of allylic oxidation sites excluding steroid dienone is 1. The molecule has 0 unspecified atom stereocenters. The van der Waals surface area contributed by atoms with Gasteiger partial charge in [0.25, 0.3) is 11.5 Å². The van der Waals surface area contributed by atoms with E-state index in [0.717, 1.165) is 19.9 Å². The number of aliphatic hydroxyl groups excluding tert-OH is 1. The average molecular weight is 469 g/mol. The number of pyridine rings is 1. The van der Waals surface area contributed by atoms with Gasteiger partial charge in [-0.05, 0) is 38.0 Å². The summed E-state index contributed by atoms with van der Waals surface area (Å²) in [4.78, 5) is 29.5. The van der Waals surface area contributed by atoms with E-state index in [1.807, 2.05) is 0 Å². The molecule has 0 atom stereocenters. The van der Waals surface area contributed by atoms with E-state index >= 15 is 0 Å². The number of aromatic amines is 1. The summed E-state index contributed by atoms with van der Waals surface area (Å²) in [5.41, 5.74) is 3.25. The van der Waals surface area contributed by atoms with Gasteiger partial charge >= 0.3 is 6.18 Å². The zero-order chi connectivity index (χ0) is 25.0. The number of aliphatic hydroxyl groups is 1. The molecular weight excluding hydrogens is 446 g/mol. The van der Waals surface area contributed by atoms with Crippen LogP contribution in [0, 0.1) is 11.2 Å². The summed E-state index contributed by atoms with van der Waals surface area (Å²) in [6.45, 7) is 3.50. The molecule has 0 saturated heterocycles. The third kappa shape index (κ3) is 6.21. The van der Waals surface area contributed by atoms with Gasteiger partial charge in [0.2, 0.25) is 0 Å². The molecule has 0 saturated carbocycles. The first-order valence-corrected chi connectivity index (χ1v) is 9.75. The Balaban J connectivity index is 2.23. The van der Waals surface area contributed by atoms with Gasteiger partial charge in [-0.25, -0.2) is 4.39 Å². The lowest BCUT2D eigenvalue weighted by Gasteiger charge is -2.26. The number of halogens is 4. The van der Waals surface area contributed by atoms with Gasteiger partial charge in [-0.3, -0.25) is 9.59 Å². The van der Waals surface area contributed by atoms with Crippen LogP contribution >= 0.6 is 0 Å². The van der Waals surface area contributed by atoms with Crippen LogP contribution in [0.25, 0.3) is 11.1 Å². The Morgan fingerprint density at radius 2 is 1.94 bits per heavy atom. The maximum absolute atomic E-state index is 14.6. The highest BCUT2D eigenvalue weighted by Gasteiger charge is 2.50. The molecule has 1 amide bonds. The molecule has 33 heavy (non-hydrogen) atoms. The molecule has 1 aromatic heterocycles. The zero-order valence-corrected chi connectivity index (χ0v) is 18.1. The fraction of sp³-hybridized carbons (Fsp3) is 0.318. The first kappa shape index (κ1) is 25.6. The van der Waals surface area contributed by atoms with Crippen molar-refractivity contribution in [2.24, 2.45) is 16.1 Å². The highest BCUT2D eigenvalue weighted by atomic mass is 19.4. The molecule has 2 aromatic rings. The SMILES string of the molecule is CCOc1cc(=O)[nH]cc1-c1ccc(CC(=O)N=C(N)/C=C(\O)C(C)(C)C(F)(F)F)c(F)c1. The van der Waals surface area contributed by atoms with Crippen molar-refractivity contribution >= 4 is 11.7 Å². The van der Waals surface area contributed by atoms with Crippen LogP contribution in [0.3, 0.4) is 0 Å². The molecule has 11 heteroatoms. The second kappa shape index (κ2) is 9.88. The number of H-pyrrole nitrogens is 1. The first-order valence-electron chi connectivity index (χ1n) is 9.75.